The molecule has 0 aromatic heterocycles. The first kappa shape index (κ1) is 15.0. The molecule has 0 heterocycles. The van der Waals surface area contributed by atoms with Crippen LogP contribution < -0.4 is 0 Å². The molecule has 0 bridgehead atoms. The molecule has 2 rings (SSSR count). The van der Waals surface area contributed by atoms with Crippen LogP contribution in [-0.2, 0) is 4.79 Å². The van der Waals surface area contributed by atoms with Gasteiger partial charge in [-0.15, -0.1) is 0 Å². The molecular formula is C16H12Br2O2. The molecule has 0 saturated heterocycles. The van der Waals surface area contributed by atoms with Crippen molar-refractivity contribution in [2.24, 2.45) is 0 Å². The van der Waals surface area contributed by atoms with E-state index in [4.69, 9.17) is 5.11 Å². The first-order valence-electron chi connectivity index (χ1n) is 5.94. The van der Waals surface area contributed by atoms with Gasteiger partial charge in [-0.25, -0.2) is 4.79 Å². The van der Waals surface area contributed by atoms with E-state index >= 15 is 0 Å². The molecule has 2 nitrogen and oxygen atoms in total. The number of hydrogen-bond acceptors (Lipinski definition) is 1. The minimum absolute atomic E-state index is 0.737. The SMILES string of the molecule is C/C(=C/C(=O)O)c1ccc(-c2ccc(Br)c(Br)c2)cc1. The first-order chi connectivity index (χ1) is 9.47. The van der Waals surface area contributed by atoms with Gasteiger partial charge in [0.25, 0.3) is 0 Å². The number of aliphatic carboxylic acids is 1. The zero-order valence-corrected chi connectivity index (χ0v) is 13.9. The zero-order chi connectivity index (χ0) is 14.7. The molecule has 0 unspecified atom stereocenters. The van der Waals surface area contributed by atoms with Gasteiger partial charge in [0.2, 0.25) is 0 Å². The van der Waals surface area contributed by atoms with Crippen LogP contribution in [0.1, 0.15) is 12.5 Å². The Labute approximate surface area is 134 Å². The fraction of sp³-hybridized carbons (Fsp3) is 0.0625. The molecule has 0 aliphatic carbocycles. The van der Waals surface area contributed by atoms with Crippen molar-refractivity contribution < 1.29 is 9.90 Å². The standard InChI is InChI=1S/C16H12Br2O2/c1-10(8-16(19)20)11-2-4-12(5-3-11)13-6-7-14(17)15(18)9-13/h2-9H,1H3,(H,19,20)/b10-8-. The number of allylic oxidation sites excluding steroid dienone is 1. The lowest BCUT2D eigenvalue weighted by Crippen LogP contribution is -1.90. The summed E-state index contributed by atoms with van der Waals surface area (Å²) < 4.78 is 2.01. The van der Waals surface area contributed by atoms with Crippen molar-refractivity contribution >= 4 is 43.4 Å². The second-order valence-corrected chi connectivity index (χ2v) is 6.08. The van der Waals surface area contributed by atoms with Crippen LogP contribution in [0.2, 0.25) is 0 Å². The molecule has 0 aliphatic heterocycles. The lowest BCUT2D eigenvalue weighted by Gasteiger charge is -2.06. The van der Waals surface area contributed by atoms with Crippen LogP contribution in [0.5, 0.6) is 0 Å². The molecular weight excluding hydrogens is 384 g/mol. The molecule has 0 saturated carbocycles. The molecule has 2 aromatic carbocycles. The topological polar surface area (TPSA) is 37.3 Å². The predicted octanol–water partition coefficient (Wildman–Crippen LogP) is 5.37. The Balaban J connectivity index is 2.32. The number of benzene rings is 2. The average molecular weight is 396 g/mol. The van der Waals surface area contributed by atoms with Crippen molar-refractivity contribution in [3.8, 4) is 11.1 Å². The van der Waals surface area contributed by atoms with Gasteiger partial charge in [0.05, 0.1) is 0 Å². The van der Waals surface area contributed by atoms with Gasteiger partial charge in [0.15, 0.2) is 0 Å². The molecule has 0 atom stereocenters. The molecule has 1 N–H and O–H groups in total. The van der Waals surface area contributed by atoms with Crippen LogP contribution in [0.15, 0.2) is 57.5 Å². The predicted molar refractivity (Wildman–Crippen MR) is 88.6 cm³/mol. The number of hydrogen-bond donors (Lipinski definition) is 1. The van der Waals surface area contributed by atoms with E-state index in [9.17, 15) is 4.79 Å². The normalized spacial score (nSPS) is 11.4. The van der Waals surface area contributed by atoms with Gasteiger partial charge < -0.3 is 5.11 Å². The first-order valence-corrected chi connectivity index (χ1v) is 7.53. The molecule has 0 amide bonds. The largest absolute Gasteiger partial charge is 0.478 e. The van der Waals surface area contributed by atoms with Crippen molar-refractivity contribution in [2.75, 3.05) is 0 Å². The third kappa shape index (κ3) is 3.58. The van der Waals surface area contributed by atoms with Crippen LogP contribution >= 0.6 is 31.9 Å². The van der Waals surface area contributed by atoms with Gasteiger partial charge in [0, 0.05) is 15.0 Å². The van der Waals surface area contributed by atoms with Crippen molar-refractivity contribution in [3.05, 3.63) is 63.0 Å². The molecule has 20 heavy (non-hydrogen) atoms. The monoisotopic (exact) mass is 394 g/mol. The Hall–Kier alpha value is -1.39. The molecule has 0 aliphatic rings. The molecule has 102 valence electrons. The Kier molecular flexibility index (Phi) is 4.78. The third-order valence-electron chi connectivity index (χ3n) is 2.93. The maximum atomic E-state index is 10.7. The summed E-state index contributed by atoms with van der Waals surface area (Å²) >= 11 is 6.93. The summed E-state index contributed by atoms with van der Waals surface area (Å²) in [6.45, 7) is 1.79. The highest BCUT2D eigenvalue weighted by Gasteiger charge is 2.03. The van der Waals surface area contributed by atoms with Crippen LogP contribution in [0.3, 0.4) is 0 Å². The molecule has 0 fully saturated rings. The lowest BCUT2D eigenvalue weighted by molar-refractivity contribution is -0.131. The summed E-state index contributed by atoms with van der Waals surface area (Å²) in [6.07, 6.45) is 1.21. The fourth-order valence-corrected chi connectivity index (χ4v) is 2.50. The molecule has 0 spiro atoms. The lowest BCUT2D eigenvalue weighted by atomic mass is 10.0. The Morgan fingerprint density at radius 1 is 1.00 bits per heavy atom. The van der Waals surface area contributed by atoms with Crippen molar-refractivity contribution in [1.29, 1.82) is 0 Å². The van der Waals surface area contributed by atoms with E-state index in [1.54, 1.807) is 6.92 Å². The molecule has 2 aromatic rings. The highest BCUT2D eigenvalue weighted by atomic mass is 79.9. The summed E-state index contributed by atoms with van der Waals surface area (Å²) in [5, 5.41) is 8.75. The van der Waals surface area contributed by atoms with E-state index in [2.05, 4.69) is 31.9 Å². The van der Waals surface area contributed by atoms with Gasteiger partial charge >= 0.3 is 5.97 Å². The van der Waals surface area contributed by atoms with E-state index in [0.717, 1.165) is 31.2 Å². The summed E-state index contributed by atoms with van der Waals surface area (Å²) in [6, 6.07) is 13.9. The number of rotatable bonds is 3. The van der Waals surface area contributed by atoms with Crippen molar-refractivity contribution in [3.63, 3.8) is 0 Å². The summed E-state index contributed by atoms with van der Waals surface area (Å²) in [7, 11) is 0. The average Bonchev–Trinajstić information content (AvgIpc) is 2.41. The highest BCUT2D eigenvalue weighted by Crippen LogP contribution is 2.29. The van der Waals surface area contributed by atoms with Gasteiger partial charge in [-0.05, 0) is 73.2 Å². The number of carbonyl (C=O) groups is 1. The van der Waals surface area contributed by atoms with Crippen molar-refractivity contribution in [1.82, 2.24) is 0 Å². The Morgan fingerprint density at radius 2 is 1.60 bits per heavy atom. The zero-order valence-electron chi connectivity index (χ0n) is 10.7. The van der Waals surface area contributed by atoms with E-state index < -0.39 is 5.97 Å². The van der Waals surface area contributed by atoms with Gasteiger partial charge in [-0.1, -0.05) is 30.3 Å². The number of halogens is 2. The highest BCUT2D eigenvalue weighted by molar-refractivity contribution is 9.13. The van der Waals surface area contributed by atoms with Gasteiger partial charge in [-0.2, -0.15) is 0 Å². The van der Waals surface area contributed by atoms with Gasteiger partial charge in [-0.3, -0.25) is 0 Å². The second-order valence-electron chi connectivity index (χ2n) is 4.37. The van der Waals surface area contributed by atoms with Crippen LogP contribution in [0, 0.1) is 0 Å². The smallest absolute Gasteiger partial charge is 0.328 e. The Morgan fingerprint density at radius 3 is 2.15 bits per heavy atom. The maximum Gasteiger partial charge on any atom is 0.328 e. The minimum Gasteiger partial charge on any atom is -0.478 e. The van der Waals surface area contributed by atoms with E-state index in [-0.39, 0.29) is 0 Å². The number of carboxylic acid groups (broad SMARTS) is 1. The van der Waals surface area contributed by atoms with E-state index in [1.165, 1.54) is 6.08 Å². The molecule has 0 radical (unpaired) electrons. The van der Waals surface area contributed by atoms with E-state index in [0.29, 0.717) is 0 Å². The second kappa shape index (κ2) is 6.37. The van der Waals surface area contributed by atoms with Crippen LogP contribution in [0.25, 0.3) is 16.7 Å². The third-order valence-corrected chi connectivity index (χ3v) is 4.81. The van der Waals surface area contributed by atoms with E-state index in [1.807, 2.05) is 42.5 Å². The summed E-state index contributed by atoms with van der Waals surface area (Å²) in [5.74, 6) is -0.927. The van der Waals surface area contributed by atoms with Crippen LogP contribution in [-0.4, -0.2) is 11.1 Å². The maximum absolute atomic E-state index is 10.7. The Bertz CT molecular complexity index is 673. The quantitative estimate of drug-likeness (QED) is 0.709. The van der Waals surface area contributed by atoms with Crippen LogP contribution in [0.4, 0.5) is 0 Å². The minimum atomic E-state index is -0.927. The van der Waals surface area contributed by atoms with Crippen molar-refractivity contribution in [2.45, 2.75) is 6.92 Å². The number of carboxylic acids is 1. The molecule has 4 heteroatoms. The summed E-state index contributed by atoms with van der Waals surface area (Å²) in [5.41, 5.74) is 3.84. The fourth-order valence-electron chi connectivity index (χ4n) is 1.87. The summed E-state index contributed by atoms with van der Waals surface area (Å²) in [4.78, 5) is 10.7. The van der Waals surface area contributed by atoms with Gasteiger partial charge in [0.1, 0.15) is 0 Å².